The number of rotatable bonds is 9. The van der Waals surface area contributed by atoms with Crippen molar-refractivity contribution in [2.24, 2.45) is 0 Å². The number of nitrogens with zero attached hydrogens (tertiary/aromatic N) is 2. The van der Waals surface area contributed by atoms with Gasteiger partial charge in [-0.1, -0.05) is 25.4 Å². The van der Waals surface area contributed by atoms with Crippen LogP contribution in [-0.4, -0.2) is 41.5 Å². The fourth-order valence-corrected chi connectivity index (χ4v) is 3.11. The Morgan fingerprint density at radius 2 is 2.32 bits per heavy atom. The maximum absolute atomic E-state index is 6.27. The first-order chi connectivity index (χ1) is 9.13. The number of nitrogens with one attached hydrogen (secondary N) is 1. The second kappa shape index (κ2) is 8.84. The second-order valence-corrected chi connectivity index (χ2v) is 6.37. The van der Waals surface area contributed by atoms with E-state index in [9.17, 15) is 0 Å². The highest BCUT2D eigenvalue weighted by atomic mass is 35.5. The third-order valence-electron chi connectivity index (χ3n) is 3.14. The molecule has 0 saturated carbocycles. The minimum atomic E-state index is 0.214. The SMILES string of the molecule is CCC(C)SCC(NC)c1c(Cl)cnn1CCOC. The molecule has 0 aliphatic rings. The zero-order valence-electron chi connectivity index (χ0n) is 12.1. The molecular weight excluding hydrogens is 282 g/mol. The molecule has 1 aromatic rings. The Morgan fingerprint density at radius 3 is 2.89 bits per heavy atom. The van der Waals surface area contributed by atoms with Crippen LogP contribution >= 0.6 is 23.4 Å². The van der Waals surface area contributed by atoms with E-state index < -0.39 is 0 Å². The summed E-state index contributed by atoms with van der Waals surface area (Å²) >= 11 is 8.23. The Kier molecular flexibility index (Phi) is 7.83. The maximum Gasteiger partial charge on any atom is 0.0834 e. The van der Waals surface area contributed by atoms with Crippen molar-refractivity contribution in [3.05, 3.63) is 16.9 Å². The smallest absolute Gasteiger partial charge is 0.0834 e. The van der Waals surface area contributed by atoms with Gasteiger partial charge in [-0.05, 0) is 13.5 Å². The molecule has 0 radical (unpaired) electrons. The lowest BCUT2D eigenvalue weighted by atomic mass is 10.2. The van der Waals surface area contributed by atoms with E-state index in [2.05, 4.69) is 24.3 Å². The number of halogens is 1. The van der Waals surface area contributed by atoms with E-state index in [4.69, 9.17) is 16.3 Å². The fraction of sp³-hybridized carbons (Fsp3) is 0.769. The summed E-state index contributed by atoms with van der Waals surface area (Å²) in [6, 6.07) is 0.214. The summed E-state index contributed by atoms with van der Waals surface area (Å²) in [4.78, 5) is 0. The van der Waals surface area contributed by atoms with E-state index >= 15 is 0 Å². The average molecular weight is 306 g/mol. The molecule has 0 aliphatic heterocycles. The van der Waals surface area contributed by atoms with Gasteiger partial charge in [0.25, 0.3) is 0 Å². The standard InChI is InChI=1S/C13H24ClN3OS/c1-5-10(2)19-9-12(15-3)13-11(14)8-16-17(13)6-7-18-4/h8,10,12,15H,5-7,9H2,1-4H3. The highest BCUT2D eigenvalue weighted by Crippen LogP contribution is 2.27. The van der Waals surface area contributed by atoms with Crippen LogP contribution in [-0.2, 0) is 11.3 Å². The van der Waals surface area contributed by atoms with E-state index in [0.29, 0.717) is 11.9 Å². The molecule has 0 amide bonds. The molecule has 0 bridgehead atoms. The summed E-state index contributed by atoms with van der Waals surface area (Å²) in [5.41, 5.74) is 1.05. The fourth-order valence-electron chi connectivity index (χ4n) is 1.75. The molecule has 0 aliphatic carbocycles. The van der Waals surface area contributed by atoms with Crippen LogP contribution in [0.1, 0.15) is 32.0 Å². The second-order valence-electron chi connectivity index (χ2n) is 4.49. The van der Waals surface area contributed by atoms with Gasteiger partial charge in [0.1, 0.15) is 0 Å². The summed E-state index contributed by atoms with van der Waals surface area (Å²) in [6.45, 7) is 5.83. The van der Waals surface area contributed by atoms with Gasteiger partial charge >= 0.3 is 0 Å². The number of thioether (sulfide) groups is 1. The monoisotopic (exact) mass is 305 g/mol. The van der Waals surface area contributed by atoms with Crippen molar-refractivity contribution in [3.63, 3.8) is 0 Å². The molecule has 6 heteroatoms. The molecule has 2 unspecified atom stereocenters. The van der Waals surface area contributed by atoms with Crippen molar-refractivity contribution >= 4 is 23.4 Å². The van der Waals surface area contributed by atoms with Gasteiger partial charge in [0, 0.05) is 18.1 Å². The van der Waals surface area contributed by atoms with Crippen molar-refractivity contribution in [1.29, 1.82) is 0 Å². The van der Waals surface area contributed by atoms with Crippen LogP contribution in [0, 0.1) is 0 Å². The highest BCUT2D eigenvalue weighted by Gasteiger charge is 2.19. The summed E-state index contributed by atoms with van der Waals surface area (Å²) in [6.07, 6.45) is 2.89. The average Bonchev–Trinajstić information content (AvgIpc) is 2.78. The van der Waals surface area contributed by atoms with E-state index in [1.165, 1.54) is 6.42 Å². The molecule has 0 spiro atoms. The first kappa shape index (κ1) is 16.8. The van der Waals surface area contributed by atoms with Crippen molar-refractivity contribution in [2.45, 2.75) is 38.1 Å². The Balaban J connectivity index is 2.75. The lowest BCUT2D eigenvalue weighted by Gasteiger charge is -2.20. The maximum atomic E-state index is 6.27. The summed E-state index contributed by atoms with van der Waals surface area (Å²) in [5, 5.41) is 9.04. The molecule has 0 saturated heterocycles. The van der Waals surface area contributed by atoms with Crippen LogP contribution in [0.3, 0.4) is 0 Å². The Bertz CT molecular complexity index is 373. The molecule has 1 aromatic heterocycles. The van der Waals surface area contributed by atoms with Crippen molar-refractivity contribution < 1.29 is 4.74 Å². The minimum absolute atomic E-state index is 0.214. The van der Waals surface area contributed by atoms with Crippen molar-refractivity contribution in [2.75, 3.05) is 26.5 Å². The normalized spacial score (nSPS) is 14.6. The number of methoxy groups -OCH3 is 1. The van der Waals surface area contributed by atoms with E-state index in [1.54, 1.807) is 13.3 Å². The lowest BCUT2D eigenvalue weighted by molar-refractivity contribution is 0.182. The predicted molar refractivity (Wildman–Crippen MR) is 83.1 cm³/mol. The quantitative estimate of drug-likeness (QED) is 0.761. The van der Waals surface area contributed by atoms with E-state index in [1.807, 2.05) is 23.5 Å². The third-order valence-corrected chi connectivity index (χ3v) is 4.86. The van der Waals surface area contributed by atoms with E-state index in [0.717, 1.165) is 23.0 Å². The largest absolute Gasteiger partial charge is 0.383 e. The zero-order valence-corrected chi connectivity index (χ0v) is 13.7. The number of hydrogen-bond donors (Lipinski definition) is 1. The van der Waals surface area contributed by atoms with Gasteiger partial charge in [-0.3, -0.25) is 4.68 Å². The lowest BCUT2D eigenvalue weighted by Crippen LogP contribution is -2.24. The Hall–Kier alpha value is -0.230. The Labute approximate surface area is 125 Å². The van der Waals surface area contributed by atoms with Gasteiger partial charge in [-0.15, -0.1) is 0 Å². The highest BCUT2D eigenvalue weighted by molar-refractivity contribution is 7.99. The van der Waals surface area contributed by atoms with Crippen molar-refractivity contribution in [3.8, 4) is 0 Å². The van der Waals surface area contributed by atoms with Gasteiger partial charge in [0.15, 0.2) is 0 Å². The van der Waals surface area contributed by atoms with Gasteiger partial charge in [0.05, 0.1) is 36.1 Å². The van der Waals surface area contributed by atoms with Gasteiger partial charge in [-0.25, -0.2) is 0 Å². The molecular formula is C13H24ClN3OS. The summed E-state index contributed by atoms with van der Waals surface area (Å²) < 4.78 is 7.04. The van der Waals surface area contributed by atoms with Crippen LogP contribution in [0.4, 0.5) is 0 Å². The minimum Gasteiger partial charge on any atom is -0.383 e. The Morgan fingerprint density at radius 1 is 1.58 bits per heavy atom. The molecule has 110 valence electrons. The molecule has 1 rings (SSSR count). The van der Waals surface area contributed by atoms with Crippen molar-refractivity contribution in [1.82, 2.24) is 15.1 Å². The number of aromatic nitrogens is 2. The molecule has 4 nitrogen and oxygen atoms in total. The molecule has 1 heterocycles. The molecule has 1 N–H and O–H groups in total. The zero-order chi connectivity index (χ0) is 14.3. The van der Waals surface area contributed by atoms with Crippen LogP contribution in [0.15, 0.2) is 6.20 Å². The molecule has 2 atom stereocenters. The number of ether oxygens (including phenoxy) is 1. The van der Waals surface area contributed by atoms with Crippen LogP contribution in [0.25, 0.3) is 0 Å². The molecule has 0 fully saturated rings. The summed E-state index contributed by atoms with van der Waals surface area (Å²) in [5.74, 6) is 0.990. The van der Waals surface area contributed by atoms with Gasteiger partial charge < -0.3 is 10.1 Å². The molecule has 0 aromatic carbocycles. The van der Waals surface area contributed by atoms with E-state index in [-0.39, 0.29) is 6.04 Å². The van der Waals surface area contributed by atoms with Gasteiger partial charge in [-0.2, -0.15) is 16.9 Å². The molecule has 19 heavy (non-hydrogen) atoms. The van der Waals surface area contributed by atoms with Crippen LogP contribution in [0.2, 0.25) is 5.02 Å². The predicted octanol–water partition coefficient (Wildman–Crippen LogP) is 2.98. The number of hydrogen-bond acceptors (Lipinski definition) is 4. The summed E-state index contributed by atoms with van der Waals surface area (Å²) in [7, 11) is 3.66. The van der Waals surface area contributed by atoms with Crippen LogP contribution < -0.4 is 5.32 Å². The van der Waals surface area contributed by atoms with Gasteiger partial charge in [0.2, 0.25) is 0 Å². The van der Waals surface area contributed by atoms with Crippen LogP contribution in [0.5, 0.6) is 0 Å². The first-order valence-corrected chi connectivity index (χ1v) is 8.05. The third kappa shape index (κ3) is 4.99. The topological polar surface area (TPSA) is 39.1 Å². The first-order valence-electron chi connectivity index (χ1n) is 6.63.